The van der Waals surface area contributed by atoms with E-state index >= 15 is 0 Å². The van der Waals surface area contributed by atoms with E-state index in [0.29, 0.717) is 11.6 Å². The van der Waals surface area contributed by atoms with Gasteiger partial charge in [-0.25, -0.2) is 0 Å². The van der Waals surface area contributed by atoms with Gasteiger partial charge >= 0.3 is 0 Å². The molecule has 0 bridgehead atoms. The minimum absolute atomic E-state index is 0.212. The number of thioether (sulfide) groups is 1. The Morgan fingerprint density at radius 1 is 1.31 bits per heavy atom. The van der Waals surface area contributed by atoms with E-state index in [1.807, 2.05) is 24.3 Å². The summed E-state index contributed by atoms with van der Waals surface area (Å²) >= 11 is 5.00. The van der Waals surface area contributed by atoms with Crippen LogP contribution in [0.1, 0.15) is 11.7 Å². The lowest BCUT2D eigenvalue weighted by Gasteiger charge is -1.97. The second kappa shape index (κ2) is 5.47. The fourth-order valence-electron chi connectivity index (χ4n) is 1.09. The maximum atomic E-state index is 8.76. The first-order chi connectivity index (χ1) is 7.78. The van der Waals surface area contributed by atoms with Crippen molar-refractivity contribution in [3.8, 4) is 0 Å². The smallest absolute Gasteiger partial charge is 0.252 e. The van der Waals surface area contributed by atoms with Crippen LogP contribution in [-0.4, -0.2) is 15.2 Å². The van der Waals surface area contributed by atoms with Gasteiger partial charge in [-0.1, -0.05) is 21.1 Å². The fraction of sp³-hybridized carbons (Fsp3) is 0.200. The Labute approximate surface area is 105 Å². The molecule has 1 heterocycles. The molecule has 0 amide bonds. The van der Waals surface area contributed by atoms with Crippen molar-refractivity contribution in [2.75, 3.05) is 0 Å². The third-order valence-electron chi connectivity index (χ3n) is 1.83. The molecule has 2 aromatic rings. The SMILES string of the molecule is OCc1nc(CSc2ccc(Br)cc2)no1. The van der Waals surface area contributed by atoms with Crippen LogP contribution in [0.3, 0.4) is 0 Å². The standard InChI is InChI=1S/C10H9BrN2O2S/c11-7-1-3-8(4-2-7)16-6-9-12-10(5-14)15-13-9/h1-4,14H,5-6H2. The maximum absolute atomic E-state index is 8.76. The summed E-state index contributed by atoms with van der Waals surface area (Å²) in [4.78, 5) is 5.14. The normalized spacial score (nSPS) is 10.6. The van der Waals surface area contributed by atoms with Crippen LogP contribution in [0.5, 0.6) is 0 Å². The van der Waals surface area contributed by atoms with Gasteiger partial charge in [0.2, 0.25) is 0 Å². The van der Waals surface area contributed by atoms with Crippen molar-refractivity contribution in [1.82, 2.24) is 10.1 Å². The van der Waals surface area contributed by atoms with Gasteiger partial charge in [0.15, 0.2) is 5.82 Å². The van der Waals surface area contributed by atoms with Crippen molar-refractivity contribution in [3.63, 3.8) is 0 Å². The maximum Gasteiger partial charge on any atom is 0.252 e. The topological polar surface area (TPSA) is 59.2 Å². The van der Waals surface area contributed by atoms with Gasteiger partial charge in [0, 0.05) is 9.37 Å². The fourth-order valence-corrected chi connectivity index (χ4v) is 2.10. The molecular formula is C10H9BrN2O2S. The Morgan fingerprint density at radius 2 is 2.06 bits per heavy atom. The van der Waals surface area contributed by atoms with Crippen LogP contribution in [0.4, 0.5) is 0 Å². The second-order valence-corrected chi connectivity index (χ2v) is 4.97. The number of hydrogen-bond donors (Lipinski definition) is 1. The summed E-state index contributed by atoms with van der Waals surface area (Å²) in [5.74, 6) is 1.48. The number of hydrogen-bond acceptors (Lipinski definition) is 5. The molecule has 0 aliphatic rings. The van der Waals surface area contributed by atoms with Gasteiger partial charge in [-0.3, -0.25) is 0 Å². The average Bonchev–Trinajstić information content (AvgIpc) is 2.76. The van der Waals surface area contributed by atoms with Gasteiger partial charge in [0.1, 0.15) is 6.61 Å². The van der Waals surface area contributed by atoms with Crippen LogP contribution in [0.2, 0.25) is 0 Å². The number of benzene rings is 1. The Kier molecular flexibility index (Phi) is 3.98. The molecule has 0 radical (unpaired) electrons. The highest BCUT2D eigenvalue weighted by molar-refractivity contribution is 9.10. The van der Waals surface area contributed by atoms with Crippen LogP contribution >= 0.6 is 27.7 Å². The molecule has 0 aliphatic carbocycles. The van der Waals surface area contributed by atoms with Crippen molar-refractivity contribution in [1.29, 1.82) is 0 Å². The number of nitrogens with zero attached hydrogens (tertiary/aromatic N) is 2. The quantitative estimate of drug-likeness (QED) is 0.880. The highest BCUT2D eigenvalue weighted by Gasteiger charge is 2.05. The molecule has 0 saturated carbocycles. The van der Waals surface area contributed by atoms with E-state index in [9.17, 15) is 0 Å². The molecule has 1 aromatic carbocycles. The van der Waals surface area contributed by atoms with Crippen molar-refractivity contribution < 1.29 is 9.63 Å². The van der Waals surface area contributed by atoms with Crippen LogP contribution in [-0.2, 0) is 12.4 Å². The average molecular weight is 301 g/mol. The molecule has 0 spiro atoms. The summed E-state index contributed by atoms with van der Waals surface area (Å²) in [6.45, 7) is -0.212. The van der Waals surface area contributed by atoms with Gasteiger partial charge < -0.3 is 9.63 Å². The van der Waals surface area contributed by atoms with E-state index in [2.05, 4.69) is 26.1 Å². The predicted octanol–water partition coefficient (Wildman–Crippen LogP) is 2.62. The molecule has 0 aliphatic heterocycles. The second-order valence-electron chi connectivity index (χ2n) is 3.01. The van der Waals surface area contributed by atoms with Crippen LogP contribution in [0.25, 0.3) is 0 Å². The summed E-state index contributed by atoms with van der Waals surface area (Å²) in [5.41, 5.74) is 0. The summed E-state index contributed by atoms with van der Waals surface area (Å²) in [5, 5.41) is 12.5. The molecule has 6 heteroatoms. The highest BCUT2D eigenvalue weighted by atomic mass is 79.9. The summed E-state index contributed by atoms with van der Waals surface area (Å²) in [7, 11) is 0. The third kappa shape index (κ3) is 3.07. The molecule has 1 aromatic heterocycles. The summed E-state index contributed by atoms with van der Waals surface area (Å²) in [6.07, 6.45) is 0. The summed E-state index contributed by atoms with van der Waals surface area (Å²) in [6, 6.07) is 8.00. The molecular weight excluding hydrogens is 292 g/mol. The zero-order valence-electron chi connectivity index (χ0n) is 8.26. The van der Waals surface area contributed by atoms with E-state index in [1.165, 1.54) is 0 Å². The summed E-state index contributed by atoms with van der Waals surface area (Å²) < 4.78 is 5.84. The molecule has 0 atom stereocenters. The predicted molar refractivity (Wildman–Crippen MR) is 63.9 cm³/mol. The molecule has 0 fully saturated rings. The number of halogens is 1. The first-order valence-electron chi connectivity index (χ1n) is 4.58. The van der Waals surface area contributed by atoms with Crippen molar-refractivity contribution >= 4 is 27.7 Å². The Morgan fingerprint density at radius 3 is 2.69 bits per heavy atom. The highest BCUT2D eigenvalue weighted by Crippen LogP contribution is 2.23. The van der Waals surface area contributed by atoms with E-state index in [4.69, 9.17) is 9.63 Å². The zero-order valence-corrected chi connectivity index (χ0v) is 10.7. The first kappa shape index (κ1) is 11.6. The van der Waals surface area contributed by atoms with Crippen molar-refractivity contribution in [2.45, 2.75) is 17.3 Å². The van der Waals surface area contributed by atoms with E-state index in [-0.39, 0.29) is 12.5 Å². The number of aliphatic hydroxyl groups is 1. The molecule has 0 unspecified atom stereocenters. The molecule has 4 nitrogen and oxygen atoms in total. The Hall–Kier alpha value is -0.850. The minimum Gasteiger partial charge on any atom is -0.387 e. The van der Waals surface area contributed by atoms with Crippen LogP contribution in [0, 0.1) is 0 Å². The lowest BCUT2D eigenvalue weighted by atomic mass is 10.4. The lowest BCUT2D eigenvalue weighted by Crippen LogP contribution is -1.85. The van der Waals surface area contributed by atoms with Crippen molar-refractivity contribution in [2.24, 2.45) is 0 Å². The Balaban J connectivity index is 1.94. The Bertz CT molecular complexity index is 458. The largest absolute Gasteiger partial charge is 0.387 e. The molecule has 1 N–H and O–H groups in total. The number of aliphatic hydroxyl groups excluding tert-OH is 1. The van der Waals surface area contributed by atoms with Gasteiger partial charge in [-0.05, 0) is 24.3 Å². The monoisotopic (exact) mass is 300 g/mol. The third-order valence-corrected chi connectivity index (χ3v) is 3.36. The number of aromatic nitrogens is 2. The zero-order chi connectivity index (χ0) is 11.4. The van der Waals surface area contributed by atoms with Gasteiger partial charge in [0.05, 0.1) is 5.75 Å². The van der Waals surface area contributed by atoms with Crippen LogP contribution in [0.15, 0.2) is 38.2 Å². The van der Waals surface area contributed by atoms with E-state index in [0.717, 1.165) is 9.37 Å². The van der Waals surface area contributed by atoms with E-state index < -0.39 is 0 Å². The van der Waals surface area contributed by atoms with Gasteiger partial charge in [-0.2, -0.15) is 4.98 Å². The molecule has 2 rings (SSSR count). The van der Waals surface area contributed by atoms with Crippen LogP contribution < -0.4 is 0 Å². The minimum atomic E-state index is -0.212. The molecule has 0 saturated heterocycles. The van der Waals surface area contributed by atoms with E-state index in [1.54, 1.807) is 11.8 Å². The lowest BCUT2D eigenvalue weighted by molar-refractivity contribution is 0.222. The first-order valence-corrected chi connectivity index (χ1v) is 6.36. The van der Waals surface area contributed by atoms with Gasteiger partial charge in [-0.15, -0.1) is 11.8 Å². The molecule has 16 heavy (non-hydrogen) atoms. The number of rotatable bonds is 4. The van der Waals surface area contributed by atoms with Crippen molar-refractivity contribution in [3.05, 3.63) is 40.5 Å². The molecule has 84 valence electrons. The van der Waals surface area contributed by atoms with Gasteiger partial charge in [0.25, 0.3) is 5.89 Å².